The molecule has 1 saturated heterocycles. The average molecular weight is 703 g/mol. The van der Waals surface area contributed by atoms with E-state index in [1.54, 1.807) is 0 Å². The third-order valence-corrected chi connectivity index (χ3v) is 9.76. The number of benzene rings is 2. The number of unbranched alkanes of at least 4 members (excludes halogenated alkanes) is 2. The van der Waals surface area contributed by atoms with Gasteiger partial charge in [0.25, 0.3) is 0 Å². The summed E-state index contributed by atoms with van der Waals surface area (Å²) in [5.41, 5.74) is 3.94. The van der Waals surface area contributed by atoms with Crippen LogP contribution < -0.4 is 14.8 Å². The van der Waals surface area contributed by atoms with Crippen LogP contribution in [0.4, 0.5) is 4.79 Å². The third kappa shape index (κ3) is 9.49. The minimum Gasteiger partial charge on any atom is -0.492 e. The highest BCUT2D eigenvalue weighted by atomic mass is 16.5. The largest absolute Gasteiger partial charge is 0.492 e. The molecule has 3 aromatic rings. The van der Waals surface area contributed by atoms with Gasteiger partial charge in [-0.05, 0) is 81.8 Å². The van der Waals surface area contributed by atoms with Crippen molar-refractivity contribution in [2.45, 2.75) is 89.8 Å². The molecule has 11 nitrogen and oxygen atoms in total. The SMILES string of the molecule is CCCCCc1c(O[C@@H]2C[C@@H](C(=O)OC)N(C(=O)[C@@H](NC(=O)OCCC)C3Cc4ccccc4C3)C2)nc2ccccc2c1OCCCN(C)C. The number of nitrogens with zero attached hydrogens (tertiary/aromatic N) is 3. The van der Waals surface area contributed by atoms with Gasteiger partial charge >= 0.3 is 12.1 Å². The predicted octanol–water partition coefficient (Wildman–Crippen LogP) is 5.74. The number of alkyl carbamates (subject to hydrolysis) is 1. The number of methoxy groups -OCH3 is 1. The first-order valence-electron chi connectivity index (χ1n) is 18.5. The van der Waals surface area contributed by atoms with E-state index in [0.29, 0.717) is 38.2 Å². The van der Waals surface area contributed by atoms with Gasteiger partial charge in [0, 0.05) is 18.4 Å². The smallest absolute Gasteiger partial charge is 0.407 e. The summed E-state index contributed by atoms with van der Waals surface area (Å²) in [6.07, 6.45) is 5.54. The fourth-order valence-electron chi connectivity index (χ4n) is 7.18. The van der Waals surface area contributed by atoms with Gasteiger partial charge in [0.15, 0.2) is 0 Å². The van der Waals surface area contributed by atoms with Gasteiger partial charge in [-0.2, -0.15) is 0 Å². The van der Waals surface area contributed by atoms with E-state index in [-0.39, 0.29) is 31.4 Å². The second-order valence-electron chi connectivity index (χ2n) is 13.9. The zero-order chi connectivity index (χ0) is 36.3. The van der Waals surface area contributed by atoms with Gasteiger partial charge in [-0.1, -0.05) is 63.1 Å². The fraction of sp³-hybridized carbons (Fsp3) is 0.550. The molecule has 51 heavy (non-hydrogen) atoms. The van der Waals surface area contributed by atoms with E-state index in [9.17, 15) is 14.4 Å². The normalized spacial score (nSPS) is 17.7. The van der Waals surface area contributed by atoms with Crippen LogP contribution in [-0.4, -0.2) is 98.4 Å². The zero-order valence-corrected chi connectivity index (χ0v) is 30.8. The van der Waals surface area contributed by atoms with E-state index in [4.69, 9.17) is 23.9 Å². The molecule has 1 N–H and O–H groups in total. The molecule has 0 saturated carbocycles. The first kappa shape index (κ1) is 37.9. The van der Waals surface area contributed by atoms with Crippen molar-refractivity contribution in [1.29, 1.82) is 0 Å². The summed E-state index contributed by atoms with van der Waals surface area (Å²) >= 11 is 0. The Morgan fingerprint density at radius 3 is 2.37 bits per heavy atom. The number of nitrogens with one attached hydrogen (secondary N) is 1. The van der Waals surface area contributed by atoms with Crippen molar-refractivity contribution in [2.75, 3.05) is 47.5 Å². The van der Waals surface area contributed by atoms with Gasteiger partial charge in [-0.3, -0.25) is 4.79 Å². The van der Waals surface area contributed by atoms with Crippen molar-refractivity contribution in [1.82, 2.24) is 20.1 Å². The summed E-state index contributed by atoms with van der Waals surface area (Å²) < 4.78 is 23.8. The number of hydrogen-bond donors (Lipinski definition) is 1. The Morgan fingerprint density at radius 2 is 1.69 bits per heavy atom. The van der Waals surface area contributed by atoms with E-state index in [0.717, 1.165) is 65.6 Å². The van der Waals surface area contributed by atoms with Gasteiger partial charge in [0.05, 0.1) is 37.9 Å². The zero-order valence-electron chi connectivity index (χ0n) is 30.8. The Morgan fingerprint density at radius 1 is 0.961 bits per heavy atom. The van der Waals surface area contributed by atoms with Gasteiger partial charge in [0.1, 0.15) is 23.9 Å². The van der Waals surface area contributed by atoms with Crippen LogP contribution >= 0.6 is 0 Å². The Labute approximate surface area is 302 Å². The Hall–Kier alpha value is -4.38. The molecule has 2 heterocycles. The summed E-state index contributed by atoms with van der Waals surface area (Å²) in [4.78, 5) is 49.3. The number of ether oxygens (including phenoxy) is 4. The molecule has 0 bridgehead atoms. The van der Waals surface area contributed by atoms with Gasteiger partial charge in [-0.25, -0.2) is 14.6 Å². The molecule has 276 valence electrons. The Kier molecular flexibility index (Phi) is 13.5. The van der Waals surface area contributed by atoms with Crippen LogP contribution in [0.1, 0.15) is 69.1 Å². The van der Waals surface area contributed by atoms with Gasteiger partial charge < -0.3 is 34.1 Å². The highest BCUT2D eigenvalue weighted by Crippen LogP contribution is 2.38. The summed E-state index contributed by atoms with van der Waals surface area (Å²) in [6, 6.07) is 14.2. The van der Waals surface area contributed by atoms with E-state index < -0.39 is 30.3 Å². The van der Waals surface area contributed by atoms with Crippen LogP contribution in [0.25, 0.3) is 10.9 Å². The summed E-state index contributed by atoms with van der Waals surface area (Å²) in [7, 11) is 5.41. The number of esters is 1. The average Bonchev–Trinajstić information content (AvgIpc) is 3.76. The van der Waals surface area contributed by atoms with Crippen molar-refractivity contribution < 1.29 is 33.3 Å². The minimum atomic E-state index is -0.904. The van der Waals surface area contributed by atoms with Crippen LogP contribution in [-0.2, 0) is 38.3 Å². The standard InChI is InChI=1S/C40H54N4O7/c1-6-8-9-18-32-36(49-22-14-20-43(3)4)31-17-12-13-19-33(31)41-37(32)51-30-25-34(39(46)48-5)44(26-30)38(45)35(42-40(47)50-21-7-2)29-23-27-15-10-11-16-28(27)24-29/h10-13,15-17,19,29-30,34-35H,6-9,14,18,20-26H2,1-5H3,(H,42,47)/t30-,34+,35+/m1/s1. The molecular weight excluding hydrogens is 648 g/mol. The second kappa shape index (κ2) is 18.2. The summed E-state index contributed by atoms with van der Waals surface area (Å²) in [6.45, 7) is 5.89. The monoisotopic (exact) mass is 702 g/mol. The van der Waals surface area contributed by atoms with Crippen molar-refractivity contribution in [3.63, 3.8) is 0 Å². The molecule has 2 aromatic carbocycles. The molecule has 5 rings (SSSR count). The van der Waals surface area contributed by atoms with Crippen LogP contribution in [0, 0.1) is 5.92 Å². The third-order valence-electron chi connectivity index (χ3n) is 9.76. The Balaban J connectivity index is 1.44. The number of likely N-dealkylation sites (tertiary alicyclic amines) is 1. The maximum atomic E-state index is 14.5. The van der Waals surface area contributed by atoms with Crippen LogP contribution in [0.15, 0.2) is 48.5 Å². The van der Waals surface area contributed by atoms with Gasteiger partial charge in [0.2, 0.25) is 11.8 Å². The molecule has 1 fully saturated rings. The lowest BCUT2D eigenvalue weighted by Crippen LogP contribution is -2.55. The van der Waals surface area contributed by atoms with E-state index in [1.165, 1.54) is 12.0 Å². The lowest BCUT2D eigenvalue weighted by Gasteiger charge is -2.30. The molecular formula is C40H54N4O7. The second-order valence-corrected chi connectivity index (χ2v) is 13.9. The number of carbonyl (C=O) groups is 3. The molecule has 0 radical (unpaired) electrons. The number of aromatic nitrogens is 1. The molecule has 0 unspecified atom stereocenters. The molecule has 1 aromatic heterocycles. The maximum Gasteiger partial charge on any atom is 0.407 e. The summed E-state index contributed by atoms with van der Waals surface area (Å²) in [5.74, 6) is 0.135. The number of pyridine rings is 1. The topological polar surface area (TPSA) is 120 Å². The van der Waals surface area contributed by atoms with Crippen molar-refractivity contribution in [3.8, 4) is 11.6 Å². The maximum absolute atomic E-state index is 14.5. The highest BCUT2D eigenvalue weighted by Gasteiger charge is 2.46. The van der Waals surface area contributed by atoms with Crippen LogP contribution in [0.3, 0.4) is 0 Å². The van der Waals surface area contributed by atoms with E-state index in [1.807, 2.05) is 57.4 Å². The molecule has 3 atom stereocenters. The Bertz CT molecular complexity index is 1620. The van der Waals surface area contributed by atoms with Crippen LogP contribution in [0.5, 0.6) is 11.6 Å². The molecule has 1 aliphatic heterocycles. The number of carbonyl (C=O) groups excluding carboxylic acids is 3. The predicted molar refractivity (Wildman–Crippen MR) is 196 cm³/mol. The van der Waals surface area contributed by atoms with E-state index in [2.05, 4.69) is 29.3 Å². The molecule has 11 heteroatoms. The van der Waals surface area contributed by atoms with Crippen molar-refractivity contribution in [3.05, 3.63) is 65.2 Å². The molecule has 1 aliphatic carbocycles. The lowest BCUT2D eigenvalue weighted by atomic mass is 9.95. The van der Waals surface area contributed by atoms with Gasteiger partial charge in [-0.15, -0.1) is 0 Å². The fourth-order valence-corrected chi connectivity index (χ4v) is 7.18. The number of fused-ring (bicyclic) bond motifs is 2. The van der Waals surface area contributed by atoms with E-state index >= 15 is 0 Å². The highest BCUT2D eigenvalue weighted by molar-refractivity contribution is 5.91. The van der Waals surface area contributed by atoms with Crippen molar-refractivity contribution >= 4 is 28.9 Å². The number of rotatable bonds is 17. The number of amides is 2. The molecule has 2 aliphatic rings. The number of para-hydroxylation sites is 1. The minimum absolute atomic E-state index is 0.127. The quantitative estimate of drug-likeness (QED) is 0.139. The lowest BCUT2D eigenvalue weighted by molar-refractivity contribution is -0.152. The summed E-state index contributed by atoms with van der Waals surface area (Å²) in [5, 5.41) is 3.80. The van der Waals surface area contributed by atoms with Crippen LogP contribution in [0.2, 0.25) is 0 Å². The van der Waals surface area contributed by atoms with Crippen molar-refractivity contribution in [2.24, 2.45) is 5.92 Å². The molecule has 2 amide bonds. The molecule has 0 spiro atoms. The first-order chi connectivity index (χ1) is 24.7. The first-order valence-corrected chi connectivity index (χ1v) is 18.5. The number of hydrogen-bond acceptors (Lipinski definition) is 9.